The summed E-state index contributed by atoms with van der Waals surface area (Å²) in [5.41, 5.74) is 0.229. The van der Waals surface area contributed by atoms with Gasteiger partial charge in [-0.25, -0.2) is 0 Å². The quantitative estimate of drug-likeness (QED) is 0.457. The summed E-state index contributed by atoms with van der Waals surface area (Å²) in [6, 6.07) is 1.65. The molecule has 0 bridgehead atoms. The Morgan fingerprint density at radius 1 is 1.33 bits per heavy atom. The normalized spacial score (nSPS) is 11.1. The number of esters is 1. The first-order chi connectivity index (χ1) is 8.45. The maximum absolute atomic E-state index is 12.4. The smallest absolute Gasteiger partial charge is 0.319 e. The number of hydrogen-bond donors (Lipinski definition) is 0. The minimum Gasteiger partial charge on any atom is -0.465 e. The summed E-state index contributed by atoms with van der Waals surface area (Å²) < 4.78 is 4.95. The van der Waals surface area contributed by atoms with Crippen LogP contribution in [0, 0.1) is 5.41 Å². The van der Waals surface area contributed by atoms with Crippen LogP contribution in [0.3, 0.4) is 0 Å². The number of ether oxygens (including phenoxy) is 1. The second kappa shape index (κ2) is 5.76. The van der Waals surface area contributed by atoms with Crippen molar-refractivity contribution in [1.82, 2.24) is 4.98 Å². The van der Waals surface area contributed by atoms with Crippen LogP contribution in [0.15, 0.2) is 18.5 Å². The lowest BCUT2D eigenvalue weighted by Crippen LogP contribution is -2.35. The Morgan fingerprint density at radius 2 is 2.00 bits per heavy atom. The summed E-state index contributed by atoms with van der Waals surface area (Å²) in [7, 11) is 0. The lowest BCUT2D eigenvalue weighted by molar-refractivity contribution is -0.150. The van der Waals surface area contributed by atoms with Gasteiger partial charge in [0.15, 0.2) is 5.78 Å². The van der Waals surface area contributed by atoms with E-state index in [9.17, 15) is 9.59 Å². The van der Waals surface area contributed by atoms with E-state index in [1.165, 1.54) is 0 Å². The summed E-state index contributed by atoms with van der Waals surface area (Å²) >= 11 is 0. The van der Waals surface area contributed by atoms with Gasteiger partial charge < -0.3 is 4.74 Å². The van der Waals surface area contributed by atoms with E-state index in [1.807, 2.05) is 6.92 Å². The van der Waals surface area contributed by atoms with Crippen LogP contribution in [0.5, 0.6) is 0 Å². The number of rotatable bonds is 5. The molecule has 4 nitrogen and oxygen atoms in total. The zero-order valence-corrected chi connectivity index (χ0v) is 11.3. The highest BCUT2D eigenvalue weighted by Gasteiger charge is 2.38. The molecule has 0 saturated carbocycles. The second-order valence-electron chi connectivity index (χ2n) is 4.56. The average Bonchev–Trinajstić information content (AvgIpc) is 2.38. The lowest BCUT2D eigenvalue weighted by Gasteiger charge is -2.21. The lowest BCUT2D eigenvalue weighted by atomic mass is 9.83. The predicted molar refractivity (Wildman–Crippen MR) is 68.4 cm³/mol. The van der Waals surface area contributed by atoms with E-state index in [4.69, 9.17) is 4.74 Å². The third-order valence-electron chi connectivity index (χ3n) is 2.88. The van der Waals surface area contributed by atoms with E-state index < -0.39 is 11.4 Å². The summed E-state index contributed by atoms with van der Waals surface area (Å²) in [5.74, 6) is -0.714. The molecule has 98 valence electrons. The minimum atomic E-state index is -1.17. The Labute approximate surface area is 107 Å². The second-order valence-corrected chi connectivity index (χ2v) is 4.56. The van der Waals surface area contributed by atoms with E-state index in [1.54, 1.807) is 39.2 Å². The summed E-state index contributed by atoms with van der Waals surface area (Å²) in [4.78, 5) is 28.2. The van der Waals surface area contributed by atoms with Gasteiger partial charge in [-0.1, -0.05) is 6.92 Å². The van der Waals surface area contributed by atoms with Crippen LogP contribution >= 0.6 is 0 Å². The van der Waals surface area contributed by atoms with Gasteiger partial charge in [0.1, 0.15) is 5.41 Å². The highest BCUT2D eigenvalue weighted by Crippen LogP contribution is 2.25. The Kier molecular flexibility index (Phi) is 4.59. The van der Waals surface area contributed by atoms with Crippen LogP contribution < -0.4 is 0 Å². The van der Waals surface area contributed by atoms with Crippen LogP contribution in [-0.4, -0.2) is 23.3 Å². The highest BCUT2D eigenvalue weighted by molar-refractivity contribution is 6.12. The van der Waals surface area contributed by atoms with Crippen LogP contribution in [0.25, 0.3) is 0 Å². The molecule has 0 saturated heterocycles. The number of pyridine rings is 1. The molecule has 0 aliphatic carbocycles. The first-order valence-electron chi connectivity index (χ1n) is 6.10. The summed E-state index contributed by atoms with van der Waals surface area (Å²) in [6.45, 7) is 7.13. The van der Waals surface area contributed by atoms with Crippen molar-refractivity contribution < 1.29 is 14.3 Å². The number of nitrogens with zero attached hydrogens (tertiary/aromatic N) is 1. The monoisotopic (exact) mass is 249 g/mol. The van der Waals surface area contributed by atoms with Crippen LogP contribution in [-0.2, 0) is 16.0 Å². The average molecular weight is 249 g/mol. The molecule has 1 aromatic rings. The molecule has 0 spiro atoms. The van der Waals surface area contributed by atoms with E-state index in [0.717, 1.165) is 5.56 Å². The molecule has 0 atom stereocenters. The Hall–Kier alpha value is -1.71. The van der Waals surface area contributed by atoms with Crippen molar-refractivity contribution >= 4 is 11.8 Å². The Bertz CT molecular complexity index is 452. The number of Topliss-reactive ketones (excluding diaryl/α,β-unsaturated/α-hetero) is 1. The fourth-order valence-corrected chi connectivity index (χ4v) is 1.67. The van der Waals surface area contributed by atoms with Crippen molar-refractivity contribution in [1.29, 1.82) is 0 Å². The van der Waals surface area contributed by atoms with Gasteiger partial charge in [-0.05, 0) is 38.8 Å². The maximum atomic E-state index is 12.4. The summed E-state index contributed by atoms with van der Waals surface area (Å²) in [6.07, 6.45) is 3.93. The van der Waals surface area contributed by atoms with Crippen molar-refractivity contribution in [2.45, 2.75) is 34.1 Å². The van der Waals surface area contributed by atoms with Gasteiger partial charge in [0, 0.05) is 18.0 Å². The number of aryl methyl sites for hydroxylation is 1. The van der Waals surface area contributed by atoms with Crippen molar-refractivity contribution in [2.75, 3.05) is 6.61 Å². The largest absolute Gasteiger partial charge is 0.465 e. The molecule has 0 unspecified atom stereocenters. The van der Waals surface area contributed by atoms with Gasteiger partial charge in [-0.3, -0.25) is 14.6 Å². The minimum absolute atomic E-state index is 0.222. The molecule has 1 rings (SSSR count). The molecule has 0 aliphatic rings. The van der Waals surface area contributed by atoms with Crippen molar-refractivity contribution in [2.24, 2.45) is 5.41 Å². The van der Waals surface area contributed by atoms with Gasteiger partial charge in [-0.15, -0.1) is 0 Å². The van der Waals surface area contributed by atoms with Gasteiger partial charge in [-0.2, -0.15) is 0 Å². The zero-order chi connectivity index (χ0) is 13.8. The predicted octanol–water partition coefficient (Wildman–Crippen LogP) is 2.42. The van der Waals surface area contributed by atoms with Gasteiger partial charge in [0.2, 0.25) is 0 Å². The van der Waals surface area contributed by atoms with Crippen molar-refractivity contribution in [3.63, 3.8) is 0 Å². The van der Waals surface area contributed by atoms with Gasteiger partial charge >= 0.3 is 5.97 Å². The molecule has 0 aromatic carbocycles. The number of carbonyl (C=O) groups excluding carboxylic acids is 2. The molecule has 0 N–H and O–H groups in total. The molecule has 0 aliphatic heterocycles. The molecular weight excluding hydrogens is 230 g/mol. The van der Waals surface area contributed by atoms with E-state index >= 15 is 0 Å². The SMILES string of the molecule is CCOC(=O)C(C)(C)C(=O)c1ccncc1CC. The Morgan fingerprint density at radius 3 is 2.56 bits per heavy atom. The summed E-state index contributed by atoms with van der Waals surface area (Å²) in [5, 5.41) is 0. The molecule has 0 fully saturated rings. The van der Waals surface area contributed by atoms with Crippen LogP contribution in [0.1, 0.15) is 43.6 Å². The van der Waals surface area contributed by atoms with Crippen molar-refractivity contribution in [3.8, 4) is 0 Å². The molecule has 1 aromatic heterocycles. The first-order valence-corrected chi connectivity index (χ1v) is 6.10. The van der Waals surface area contributed by atoms with Gasteiger partial charge in [0.05, 0.1) is 6.61 Å². The highest BCUT2D eigenvalue weighted by atomic mass is 16.5. The van der Waals surface area contributed by atoms with E-state index in [2.05, 4.69) is 4.98 Å². The molecule has 18 heavy (non-hydrogen) atoms. The standard InChI is InChI=1S/C14H19NO3/c1-5-10-9-15-8-7-11(10)12(16)14(3,4)13(17)18-6-2/h7-9H,5-6H2,1-4H3. The fourth-order valence-electron chi connectivity index (χ4n) is 1.67. The number of aromatic nitrogens is 1. The maximum Gasteiger partial charge on any atom is 0.319 e. The topological polar surface area (TPSA) is 56.3 Å². The number of ketones is 1. The fraction of sp³-hybridized carbons (Fsp3) is 0.500. The molecular formula is C14H19NO3. The number of hydrogen-bond acceptors (Lipinski definition) is 4. The number of carbonyl (C=O) groups is 2. The molecule has 0 radical (unpaired) electrons. The molecule has 0 amide bonds. The third kappa shape index (κ3) is 2.75. The zero-order valence-electron chi connectivity index (χ0n) is 11.3. The first kappa shape index (κ1) is 14.4. The van der Waals surface area contributed by atoms with Crippen molar-refractivity contribution in [3.05, 3.63) is 29.6 Å². The third-order valence-corrected chi connectivity index (χ3v) is 2.88. The molecule has 1 heterocycles. The van der Waals surface area contributed by atoms with E-state index in [0.29, 0.717) is 12.0 Å². The Balaban J connectivity index is 3.09. The van der Waals surface area contributed by atoms with Crippen LogP contribution in [0.4, 0.5) is 0 Å². The molecule has 4 heteroatoms. The van der Waals surface area contributed by atoms with Crippen LogP contribution in [0.2, 0.25) is 0 Å². The van der Waals surface area contributed by atoms with Gasteiger partial charge in [0.25, 0.3) is 0 Å². The van der Waals surface area contributed by atoms with E-state index in [-0.39, 0.29) is 12.4 Å².